The van der Waals surface area contributed by atoms with Gasteiger partial charge in [0.15, 0.2) is 0 Å². The van der Waals surface area contributed by atoms with Crippen LogP contribution in [0.15, 0.2) is 65.9 Å². The van der Waals surface area contributed by atoms with E-state index in [9.17, 15) is 18.8 Å². The average molecular weight is 494 g/mol. The van der Waals surface area contributed by atoms with Crippen LogP contribution in [0, 0.1) is 5.82 Å². The second-order valence-electron chi connectivity index (χ2n) is 9.12. The number of amides is 2. The molecule has 190 valence electrons. The van der Waals surface area contributed by atoms with Crippen molar-refractivity contribution >= 4 is 17.8 Å². The molecule has 2 aliphatic rings. The number of rotatable bonds is 7. The molecule has 0 aromatic heterocycles. The van der Waals surface area contributed by atoms with Gasteiger partial charge in [-0.3, -0.25) is 14.5 Å². The fraction of sp³-hybridized carbons (Fsp3) is 0.393. The summed E-state index contributed by atoms with van der Waals surface area (Å²) in [6.45, 7) is 6.77. The van der Waals surface area contributed by atoms with Crippen molar-refractivity contribution in [3.63, 3.8) is 0 Å². The van der Waals surface area contributed by atoms with Gasteiger partial charge in [0.2, 0.25) is 11.8 Å². The molecule has 8 heteroatoms. The van der Waals surface area contributed by atoms with Crippen molar-refractivity contribution in [1.82, 2.24) is 14.7 Å². The first-order valence-corrected chi connectivity index (χ1v) is 12.4. The fourth-order valence-corrected chi connectivity index (χ4v) is 4.93. The lowest BCUT2D eigenvalue weighted by molar-refractivity contribution is -0.143. The van der Waals surface area contributed by atoms with Crippen molar-refractivity contribution in [1.29, 1.82) is 0 Å². The molecule has 0 spiro atoms. The zero-order valence-corrected chi connectivity index (χ0v) is 20.8. The van der Waals surface area contributed by atoms with Crippen molar-refractivity contribution < 1.29 is 23.5 Å². The van der Waals surface area contributed by atoms with Gasteiger partial charge >= 0.3 is 5.97 Å². The Balaban J connectivity index is 1.47. The molecule has 1 atom stereocenters. The van der Waals surface area contributed by atoms with Crippen molar-refractivity contribution in [2.45, 2.75) is 32.7 Å². The molecule has 2 amide bonds. The van der Waals surface area contributed by atoms with Crippen molar-refractivity contribution in [2.75, 3.05) is 39.3 Å². The predicted molar refractivity (Wildman–Crippen MR) is 133 cm³/mol. The van der Waals surface area contributed by atoms with E-state index >= 15 is 0 Å². The number of piperazine rings is 1. The molecule has 2 heterocycles. The lowest BCUT2D eigenvalue weighted by atomic mass is 9.83. The van der Waals surface area contributed by atoms with E-state index in [1.165, 1.54) is 16.5 Å². The summed E-state index contributed by atoms with van der Waals surface area (Å²) >= 11 is 0. The summed E-state index contributed by atoms with van der Waals surface area (Å²) in [5.74, 6) is -2.32. The van der Waals surface area contributed by atoms with Gasteiger partial charge in [-0.05, 0) is 31.0 Å². The molecule has 2 aromatic carbocycles. The van der Waals surface area contributed by atoms with Crippen LogP contribution in [-0.4, -0.2) is 71.8 Å². The number of allylic oxidation sites excluding steroid dienone is 1. The minimum absolute atomic E-state index is 0.107. The summed E-state index contributed by atoms with van der Waals surface area (Å²) in [6, 6.07) is 16.3. The van der Waals surface area contributed by atoms with E-state index in [4.69, 9.17) is 4.74 Å². The standard InChI is InChI=1S/C28H32FN3O4/c1-3-36-28(35)27-20(2)32(25(33)17-23(27)22-11-7-8-12-24(22)29)19-26(34)31-15-13-30(14-16-31)18-21-9-5-4-6-10-21/h4-12,23H,3,13-19H2,1-2H3. The molecule has 1 unspecified atom stereocenters. The van der Waals surface area contributed by atoms with Crippen LogP contribution in [0.25, 0.3) is 0 Å². The van der Waals surface area contributed by atoms with Crippen molar-refractivity contribution in [2.24, 2.45) is 0 Å². The molecule has 0 saturated carbocycles. The average Bonchev–Trinajstić information content (AvgIpc) is 2.87. The molecule has 0 bridgehead atoms. The Morgan fingerprint density at radius 1 is 1.00 bits per heavy atom. The number of carbonyl (C=O) groups is 3. The number of nitrogens with zero attached hydrogens (tertiary/aromatic N) is 3. The minimum Gasteiger partial charge on any atom is -0.463 e. The van der Waals surface area contributed by atoms with E-state index in [0.29, 0.717) is 18.8 Å². The number of halogens is 1. The van der Waals surface area contributed by atoms with E-state index in [-0.39, 0.29) is 42.5 Å². The summed E-state index contributed by atoms with van der Waals surface area (Å²) in [4.78, 5) is 44.6. The van der Waals surface area contributed by atoms with Gasteiger partial charge in [-0.2, -0.15) is 0 Å². The first kappa shape index (κ1) is 25.6. The van der Waals surface area contributed by atoms with E-state index < -0.39 is 17.7 Å². The van der Waals surface area contributed by atoms with Crippen LogP contribution < -0.4 is 0 Å². The molecule has 0 aliphatic carbocycles. The third-order valence-corrected chi connectivity index (χ3v) is 6.87. The monoisotopic (exact) mass is 493 g/mol. The largest absolute Gasteiger partial charge is 0.463 e. The summed E-state index contributed by atoms with van der Waals surface area (Å²) < 4.78 is 19.9. The molecule has 36 heavy (non-hydrogen) atoms. The van der Waals surface area contributed by atoms with Crippen LogP contribution in [0.1, 0.15) is 37.3 Å². The van der Waals surface area contributed by atoms with Crippen LogP contribution in [0.5, 0.6) is 0 Å². The summed E-state index contributed by atoms with van der Waals surface area (Å²) in [5.41, 5.74) is 2.07. The van der Waals surface area contributed by atoms with Crippen LogP contribution in [-0.2, 0) is 25.7 Å². The van der Waals surface area contributed by atoms with Crippen LogP contribution in [0.4, 0.5) is 4.39 Å². The Morgan fingerprint density at radius 3 is 2.33 bits per heavy atom. The highest BCUT2D eigenvalue weighted by atomic mass is 19.1. The second kappa shape index (κ2) is 11.5. The smallest absolute Gasteiger partial charge is 0.336 e. The first-order chi connectivity index (χ1) is 17.4. The third kappa shape index (κ3) is 5.65. The van der Waals surface area contributed by atoms with Gasteiger partial charge in [0, 0.05) is 50.8 Å². The highest BCUT2D eigenvalue weighted by Gasteiger charge is 2.39. The molecule has 7 nitrogen and oxygen atoms in total. The van der Waals surface area contributed by atoms with Crippen LogP contribution in [0.2, 0.25) is 0 Å². The molecule has 1 saturated heterocycles. The zero-order valence-electron chi connectivity index (χ0n) is 20.8. The summed E-state index contributed by atoms with van der Waals surface area (Å²) in [7, 11) is 0. The molecular weight excluding hydrogens is 461 g/mol. The number of ether oxygens (including phenoxy) is 1. The first-order valence-electron chi connectivity index (χ1n) is 12.4. The molecule has 2 aliphatic heterocycles. The van der Waals surface area contributed by atoms with E-state index in [1.807, 2.05) is 18.2 Å². The second-order valence-corrected chi connectivity index (χ2v) is 9.12. The quantitative estimate of drug-likeness (QED) is 0.554. The summed E-state index contributed by atoms with van der Waals surface area (Å²) in [6.07, 6.45) is -0.107. The highest BCUT2D eigenvalue weighted by Crippen LogP contribution is 2.38. The minimum atomic E-state index is -0.759. The molecule has 1 fully saturated rings. The van der Waals surface area contributed by atoms with Crippen LogP contribution in [0.3, 0.4) is 0 Å². The lowest BCUT2D eigenvalue weighted by Crippen LogP contribution is -2.52. The zero-order chi connectivity index (χ0) is 25.7. The Kier molecular flexibility index (Phi) is 8.15. The van der Waals surface area contributed by atoms with E-state index in [1.54, 1.807) is 36.9 Å². The highest BCUT2D eigenvalue weighted by molar-refractivity contribution is 5.97. The number of carbonyl (C=O) groups excluding carboxylic acids is 3. The van der Waals surface area contributed by atoms with Gasteiger partial charge in [0.1, 0.15) is 12.4 Å². The number of hydrogen-bond acceptors (Lipinski definition) is 5. The Labute approximate surface area is 211 Å². The van der Waals surface area contributed by atoms with Gasteiger partial charge in [-0.1, -0.05) is 48.5 Å². The van der Waals surface area contributed by atoms with E-state index in [0.717, 1.165) is 19.6 Å². The maximum atomic E-state index is 14.6. The lowest BCUT2D eigenvalue weighted by Gasteiger charge is -2.38. The van der Waals surface area contributed by atoms with Gasteiger partial charge < -0.3 is 14.5 Å². The number of esters is 1. The predicted octanol–water partition coefficient (Wildman–Crippen LogP) is 3.32. The van der Waals surface area contributed by atoms with Gasteiger partial charge in [0.25, 0.3) is 0 Å². The normalized spacial score (nSPS) is 19.0. The molecule has 4 rings (SSSR count). The van der Waals surface area contributed by atoms with Gasteiger partial charge in [0.05, 0.1) is 12.2 Å². The van der Waals surface area contributed by atoms with Gasteiger partial charge in [-0.15, -0.1) is 0 Å². The van der Waals surface area contributed by atoms with Crippen LogP contribution >= 0.6 is 0 Å². The SMILES string of the molecule is CCOC(=O)C1=C(C)N(CC(=O)N2CCN(Cc3ccccc3)CC2)C(=O)CC1c1ccccc1F. The maximum absolute atomic E-state index is 14.6. The maximum Gasteiger partial charge on any atom is 0.336 e. The molecule has 0 N–H and O–H groups in total. The molecule has 0 radical (unpaired) electrons. The number of hydrogen-bond donors (Lipinski definition) is 0. The van der Waals surface area contributed by atoms with Crippen molar-refractivity contribution in [3.8, 4) is 0 Å². The Morgan fingerprint density at radius 2 is 1.67 bits per heavy atom. The fourth-order valence-electron chi connectivity index (χ4n) is 4.93. The van der Waals surface area contributed by atoms with Crippen molar-refractivity contribution in [3.05, 3.63) is 82.8 Å². The van der Waals surface area contributed by atoms with E-state index in [2.05, 4.69) is 17.0 Å². The molecular formula is C28H32FN3O4. The topological polar surface area (TPSA) is 70.2 Å². The van der Waals surface area contributed by atoms with Gasteiger partial charge in [-0.25, -0.2) is 9.18 Å². The Bertz CT molecular complexity index is 1140. The third-order valence-electron chi connectivity index (χ3n) is 6.87. The molecule has 2 aromatic rings. The summed E-state index contributed by atoms with van der Waals surface area (Å²) in [5, 5.41) is 0. The Hall–Kier alpha value is -3.52. The number of benzene rings is 2.